The summed E-state index contributed by atoms with van der Waals surface area (Å²) >= 11 is 0. The number of benzene rings is 1. The maximum atomic E-state index is 12.9. The van der Waals surface area contributed by atoms with E-state index in [4.69, 9.17) is 0 Å². The van der Waals surface area contributed by atoms with E-state index in [-0.39, 0.29) is 17.0 Å². The van der Waals surface area contributed by atoms with Crippen LogP contribution in [-0.4, -0.2) is 12.8 Å². The van der Waals surface area contributed by atoms with Gasteiger partial charge >= 0.3 is 6.29 Å². The largest absolute Gasteiger partial charge is 0.586 e. The predicted molar refractivity (Wildman–Crippen MR) is 57.2 cm³/mol. The van der Waals surface area contributed by atoms with Gasteiger partial charge in [0, 0.05) is 5.54 Å². The third kappa shape index (κ3) is 1.74. The topological polar surface area (TPSA) is 30.5 Å². The van der Waals surface area contributed by atoms with E-state index < -0.39 is 6.29 Å². The second-order valence-corrected chi connectivity index (χ2v) is 4.69. The van der Waals surface area contributed by atoms with E-state index in [0.717, 1.165) is 24.9 Å². The second kappa shape index (κ2) is 3.32. The Morgan fingerprint density at radius 3 is 2.71 bits per heavy atom. The summed E-state index contributed by atoms with van der Waals surface area (Å²) < 4.78 is 34.6. The first kappa shape index (κ1) is 10.8. The minimum Gasteiger partial charge on any atom is -0.395 e. The Labute approximate surface area is 97.7 Å². The van der Waals surface area contributed by atoms with Crippen LogP contribution in [-0.2, 0) is 5.54 Å². The van der Waals surface area contributed by atoms with E-state index in [1.54, 1.807) is 6.07 Å². The SMILES string of the molecule is CC1(c2ccc3c(c2)OC(F)(F)O3)CCCN1. The number of hydrogen-bond acceptors (Lipinski definition) is 3. The van der Waals surface area contributed by atoms with Crippen molar-refractivity contribution in [2.75, 3.05) is 6.54 Å². The van der Waals surface area contributed by atoms with Gasteiger partial charge in [0.15, 0.2) is 11.5 Å². The summed E-state index contributed by atoms with van der Waals surface area (Å²) in [5.74, 6) is 0.211. The van der Waals surface area contributed by atoms with Crippen molar-refractivity contribution in [2.24, 2.45) is 0 Å². The molecule has 0 radical (unpaired) electrons. The lowest BCUT2D eigenvalue weighted by Crippen LogP contribution is -2.33. The van der Waals surface area contributed by atoms with Crippen LogP contribution in [0.15, 0.2) is 18.2 Å². The van der Waals surface area contributed by atoms with Crippen LogP contribution in [0.4, 0.5) is 8.78 Å². The van der Waals surface area contributed by atoms with E-state index in [0.29, 0.717) is 0 Å². The number of halogens is 2. The van der Waals surface area contributed by atoms with Crippen molar-refractivity contribution < 1.29 is 18.3 Å². The van der Waals surface area contributed by atoms with Gasteiger partial charge in [0.05, 0.1) is 0 Å². The monoisotopic (exact) mass is 241 g/mol. The quantitative estimate of drug-likeness (QED) is 0.819. The molecular weight excluding hydrogens is 228 g/mol. The van der Waals surface area contributed by atoms with Crippen molar-refractivity contribution >= 4 is 0 Å². The lowest BCUT2D eigenvalue weighted by atomic mass is 9.90. The van der Waals surface area contributed by atoms with Crippen molar-refractivity contribution in [1.29, 1.82) is 0 Å². The Morgan fingerprint density at radius 1 is 1.24 bits per heavy atom. The minimum absolute atomic E-state index is 0.0975. The van der Waals surface area contributed by atoms with Crippen molar-refractivity contribution in [3.63, 3.8) is 0 Å². The van der Waals surface area contributed by atoms with Crippen LogP contribution in [0.3, 0.4) is 0 Å². The highest BCUT2D eigenvalue weighted by molar-refractivity contribution is 5.47. The fourth-order valence-corrected chi connectivity index (χ4v) is 2.43. The van der Waals surface area contributed by atoms with Crippen molar-refractivity contribution in [1.82, 2.24) is 5.32 Å². The first-order valence-electron chi connectivity index (χ1n) is 5.64. The number of nitrogens with one attached hydrogen (secondary N) is 1. The average molecular weight is 241 g/mol. The molecule has 2 heterocycles. The highest BCUT2D eigenvalue weighted by Crippen LogP contribution is 2.43. The first-order valence-corrected chi connectivity index (χ1v) is 5.64. The number of ether oxygens (including phenoxy) is 2. The molecule has 1 saturated heterocycles. The van der Waals surface area contributed by atoms with Gasteiger partial charge in [0.1, 0.15) is 0 Å². The van der Waals surface area contributed by atoms with E-state index in [1.807, 2.05) is 6.07 Å². The summed E-state index contributed by atoms with van der Waals surface area (Å²) in [6, 6.07) is 4.98. The number of hydrogen-bond donors (Lipinski definition) is 1. The maximum Gasteiger partial charge on any atom is 0.586 e. The van der Waals surface area contributed by atoms with E-state index in [2.05, 4.69) is 21.7 Å². The molecule has 0 aromatic heterocycles. The zero-order valence-electron chi connectivity index (χ0n) is 9.43. The molecule has 17 heavy (non-hydrogen) atoms. The summed E-state index contributed by atoms with van der Waals surface area (Å²) in [5, 5.41) is 3.38. The number of fused-ring (bicyclic) bond motifs is 1. The minimum atomic E-state index is -3.54. The van der Waals surface area contributed by atoms with Crippen LogP contribution < -0.4 is 14.8 Å². The van der Waals surface area contributed by atoms with Crippen LogP contribution in [0, 0.1) is 0 Å². The summed E-state index contributed by atoms with van der Waals surface area (Å²) in [6.45, 7) is 3.01. The van der Waals surface area contributed by atoms with Crippen LogP contribution >= 0.6 is 0 Å². The smallest absolute Gasteiger partial charge is 0.395 e. The van der Waals surface area contributed by atoms with Crippen molar-refractivity contribution in [3.05, 3.63) is 23.8 Å². The maximum absolute atomic E-state index is 12.9. The van der Waals surface area contributed by atoms with Gasteiger partial charge in [-0.15, -0.1) is 8.78 Å². The average Bonchev–Trinajstić information content (AvgIpc) is 2.79. The van der Waals surface area contributed by atoms with Crippen LogP contribution in [0.5, 0.6) is 11.5 Å². The fourth-order valence-electron chi connectivity index (χ4n) is 2.43. The Balaban J connectivity index is 1.95. The Kier molecular flexibility index (Phi) is 2.10. The van der Waals surface area contributed by atoms with Gasteiger partial charge in [0.2, 0.25) is 0 Å². The van der Waals surface area contributed by atoms with Crippen molar-refractivity contribution in [2.45, 2.75) is 31.6 Å². The van der Waals surface area contributed by atoms with Gasteiger partial charge in [-0.2, -0.15) is 0 Å². The van der Waals surface area contributed by atoms with E-state index in [9.17, 15) is 8.78 Å². The molecule has 0 spiro atoms. The van der Waals surface area contributed by atoms with Gasteiger partial charge in [-0.05, 0) is 44.0 Å². The van der Waals surface area contributed by atoms with Gasteiger partial charge in [0.25, 0.3) is 0 Å². The zero-order valence-corrected chi connectivity index (χ0v) is 9.43. The molecule has 3 nitrogen and oxygen atoms in total. The molecule has 0 saturated carbocycles. The lowest BCUT2D eigenvalue weighted by molar-refractivity contribution is -0.286. The Hall–Kier alpha value is -1.36. The summed E-state index contributed by atoms with van der Waals surface area (Å²) in [7, 11) is 0. The van der Waals surface area contributed by atoms with E-state index >= 15 is 0 Å². The molecule has 1 N–H and O–H groups in total. The highest BCUT2D eigenvalue weighted by atomic mass is 19.3. The molecule has 1 aromatic rings. The second-order valence-electron chi connectivity index (χ2n) is 4.69. The Morgan fingerprint density at radius 2 is 2.00 bits per heavy atom. The van der Waals surface area contributed by atoms with Crippen molar-refractivity contribution in [3.8, 4) is 11.5 Å². The van der Waals surface area contributed by atoms with Gasteiger partial charge in [-0.1, -0.05) is 6.07 Å². The number of alkyl halides is 2. The molecule has 2 aliphatic heterocycles. The summed E-state index contributed by atoms with van der Waals surface area (Å²) in [5.41, 5.74) is 0.797. The molecular formula is C12H13F2NO2. The molecule has 2 aliphatic rings. The third-order valence-corrected chi connectivity index (χ3v) is 3.41. The van der Waals surface area contributed by atoms with Gasteiger partial charge < -0.3 is 14.8 Å². The van der Waals surface area contributed by atoms with Crippen LogP contribution in [0.25, 0.3) is 0 Å². The molecule has 1 unspecified atom stereocenters. The highest BCUT2D eigenvalue weighted by Gasteiger charge is 2.44. The van der Waals surface area contributed by atoms with E-state index in [1.165, 1.54) is 6.07 Å². The molecule has 92 valence electrons. The normalized spacial score (nSPS) is 29.6. The lowest BCUT2D eigenvalue weighted by Gasteiger charge is -2.25. The third-order valence-electron chi connectivity index (χ3n) is 3.41. The Bertz CT molecular complexity index is 456. The molecule has 0 aliphatic carbocycles. The zero-order chi connectivity index (χ0) is 12.1. The fraction of sp³-hybridized carbons (Fsp3) is 0.500. The molecule has 1 fully saturated rings. The number of rotatable bonds is 1. The van der Waals surface area contributed by atoms with Gasteiger partial charge in [-0.25, -0.2) is 0 Å². The summed E-state index contributed by atoms with van der Waals surface area (Å²) in [6.07, 6.45) is -1.46. The van der Waals surface area contributed by atoms with Crippen LogP contribution in [0.2, 0.25) is 0 Å². The predicted octanol–water partition coefficient (Wildman–Crippen LogP) is 2.61. The first-order chi connectivity index (χ1) is 7.99. The van der Waals surface area contributed by atoms with Crippen LogP contribution in [0.1, 0.15) is 25.3 Å². The van der Waals surface area contributed by atoms with Gasteiger partial charge in [-0.3, -0.25) is 0 Å². The molecule has 0 bridgehead atoms. The standard InChI is InChI=1S/C12H13F2NO2/c1-11(5-2-6-15-11)8-3-4-9-10(7-8)17-12(13,14)16-9/h3-4,7,15H,2,5-6H2,1H3. The summed E-state index contributed by atoms with van der Waals surface area (Å²) in [4.78, 5) is 0. The molecule has 1 aromatic carbocycles. The molecule has 5 heteroatoms. The molecule has 1 atom stereocenters. The molecule has 0 amide bonds. The molecule has 3 rings (SSSR count).